The van der Waals surface area contributed by atoms with Gasteiger partial charge in [-0.2, -0.15) is 0 Å². The third kappa shape index (κ3) is 3.50. The van der Waals surface area contributed by atoms with Crippen molar-refractivity contribution in [2.75, 3.05) is 20.8 Å². The summed E-state index contributed by atoms with van der Waals surface area (Å²) in [6.45, 7) is 6.12. The van der Waals surface area contributed by atoms with Crippen molar-refractivity contribution >= 4 is 11.9 Å². The topological polar surface area (TPSA) is 84.9 Å². The summed E-state index contributed by atoms with van der Waals surface area (Å²) in [7, 11) is 3.18. The number of hydrogen-bond donors (Lipinski definition) is 2. The van der Waals surface area contributed by atoms with Gasteiger partial charge in [0, 0.05) is 6.54 Å². The van der Waals surface area contributed by atoms with Crippen molar-refractivity contribution in [2.45, 2.75) is 40.0 Å². The lowest BCUT2D eigenvalue weighted by Crippen LogP contribution is -2.48. The van der Waals surface area contributed by atoms with Crippen molar-refractivity contribution in [1.82, 2.24) is 5.32 Å². The summed E-state index contributed by atoms with van der Waals surface area (Å²) in [6.07, 6.45) is 1.77. The highest BCUT2D eigenvalue weighted by Crippen LogP contribution is 2.56. The molecule has 2 N–H and O–H groups in total. The van der Waals surface area contributed by atoms with E-state index in [9.17, 15) is 14.7 Å². The Kier molecular flexibility index (Phi) is 5.84. The van der Waals surface area contributed by atoms with Gasteiger partial charge in [-0.25, -0.2) is 0 Å². The molecule has 1 amide bonds. The van der Waals surface area contributed by atoms with Crippen LogP contribution in [0.25, 0.3) is 0 Å². The minimum absolute atomic E-state index is 0.0771. The Morgan fingerprint density at radius 2 is 1.85 bits per heavy atom. The Balaban J connectivity index is 2.00. The Morgan fingerprint density at radius 3 is 2.38 bits per heavy atom. The minimum atomic E-state index is -0.822. The second kappa shape index (κ2) is 7.56. The predicted molar refractivity (Wildman–Crippen MR) is 98.5 cm³/mol. The predicted octanol–water partition coefficient (Wildman–Crippen LogP) is 2.89. The van der Waals surface area contributed by atoms with Crippen LogP contribution in [0.4, 0.5) is 0 Å². The molecule has 0 bridgehead atoms. The van der Waals surface area contributed by atoms with Crippen LogP contribution in [0.1, 0.15) is 39.2 Å². The zero-order valence-corrected chi connectivity index (χ0v) is 16.2. The zero-order valence-electron chi connectivity index (χ0n) is 16.2. The highest BCUT2D eigenvalue weighted by molar-refractivity contribution is 5.85. The van der Waals surface area contributed by atoms with Gasteiger partial charge in [-0.05, 0) is 42.4 Å². The van der Waals surface area contributed by atoms with Crippen LogP contribution in [0.2, 0.25) is 0 Å². The van der Waals surface area contributed by atoms with E-state index in [-0.39, 0.29) is 5.91 Å². The van der Waals surface area contributed by atoms with Crippen LogP contribution >= 0.6 is 0 Å². The molecule has 0 spiro atoms. The molecule has 0 radical (unpaired) electrons. The van der Waals surface area contributed by atoms with Crippen LogP contribution in [0.15, 0.2) is 18.2 Å². The molecular weight excluding hydrogens is 334 g/mol. The smallest absolute Gasteiger partial charge is 0.307 e. The van der Waals surface area contributed by atoms with E-state index < -0.39 is 22.7 Å². The number of ether oxygens (including phenoxy) is 2. The van der Waals surface area contributed by atoms with Crippen molar-refractivity contribution in [3.8, 4) is 11.5 Å². The first-order valence-electron chi connectivity index (χ1n) is 8.89. The fourth-order valence-corrected chi connectivity index (χ4v) is 3.89. The number of carboxylic acids is 1. The first-order valence-corrected chi connectivity index (χ1v) is 8.89. The van der Waals surface area contributed by atoms with Gasteiger partial charge in [-0.15, -0.1) is 0 Å². The van der Waals surface area contributed by atoms with Crippen molar-refractivity contribution in [1.29, 1.82) is 0 Å². The third-order valence-corrected chi connectivity index (χ3v) is 6.17. The first kappa shape index (κ1) is 20.1. The molecule has 1 aromatic carbocycles. The van der Waals surface area contributed by atoms with Gasteiger partial charge in [0.25, 0.3) is 0 Å². The Morgan fingerprint density at radius 1 is 1.19 bits per heavy atom. The van der Waals surface area contributed by atoms with Gasteiger partial charge in [0.1, 0.15) is 0 Å². The molecule has 1 aliphatic rings. The molecule has 1 aliphatic carbocycles. The zero-order chi connectivity index (χ0) is 19.5. The maximum absolute atomic E-state index is 12.8. The standard InChI is InChI=1S/C20H29NO5/c1-19(2)14(17(22)23)8-10-20(19,3)18(24)21-11-9-13-6-7-15(25-4)16(12-13)26-5/h6-7,12,14H,8-11H2,1-5H3,(H,21,24)(H,22,23)/t14-,20-/m0/s1. The number of nitrogens with one attached hydrogen (secondary N) is 1. The number of hydrogen-bond acceptors (Lipinski definition) is 4. The van der Waals surface area contributed by atoms with Gasteiger partial charge in [0.05, 0.1) is 25.6 Å². The van der Waals surface area contributed by atoms with Gasteiger partial charge in [-0.1, -0.05) is 26.8 Å². The summed E-state index contributed by atoms with van der Waals surface area (Å²) in [4.78, 5) is 24.3. The molecule has 6 heteroatoms. The highest BCUT2D eigenvalue weighted by atomic mass is 16.5. The number of carbonyl (C=O) groups is 2. The second-order valence-electron chi connectivity index (χ2n) is 7.68. The van der Waals surface area contributed by atoms with Crippen LogP contribution in [0, 0.1) is 16.7 Å². The quantitative estimate of drug-likeness (QED) is 0.778. The van der Waals surface area contributed by atoms with Crippen molar-refractivity contribution in [3.05, 3.63) is 23.8 Å². The van der Waals surface area contributed by atoms with Crippen molar-refractivity contribution in [2.24, 2.45) is 16.7 Å². The lowest BCUT2D eigenvalue weighted by atomic mass is 9.65. The number of aliphatic carboxylic acids is 1. The summed E-state index contributed by atoms with van der Waals surface area (Å²) in [6, 6.07) is 5.68. The molecule has 1 aromatic rings. The normalized spacial score (nSPS) is 24.1. The summed E-state index contributed by atoms with van der Waals surface area (Å²) in [5.74, 6) is -0.0718. The first-order chi connectivity index (χ1) is 12.2. The van der Waals surface area contributed by atoms with E-state index in [1.54, 1.807) is 14.2 Å². The van der Waals surface area contributed by atoms with E-state index in [1.807, 2.05) is 39.0 Å². The summed E-state index contributed by atoms with van der Waals surface area (Å²) >= 11 is 0. The maximum Gasteiger partial charge on any atom is 0.307 e. The number of benzene rings is 1. The lowest BCUT2D eigenvalue weighted by Gasteiger charge is -2.39. The molecule has 1 saturated carbocycles. The maximum atomic E-state index is 12.8. The van der Waals surface area contributed by atoms with E-state index in [1.165, 1.54) is 0 Å². The van der Waals surface area contributed by atoms with E-state index in [4.69, 9.17) is 9.47 Å². The Hall–Kier alpha value is -2.24. The van der Waals surface area contributed by atoms with Gasteiger partial charge < -0.3 is 19.9 Å². The average Bonchev–Trinajstić information content (AvgIpc) is 2.85. The van der Waals surface area contributed by atoms with E-state index in [0.29, 0.717) is 37.3 Å². The molecule has 144 valence electrons. The highest BCUT2D eigenvalue weighted by Gasteiger charge is 2.58. The fourth-order valence-electron chi connectivity index (χ4n) is 3.89. The van der Waals surface area contributed by atoms with Crippen molar-refractivity contribution < 1.29 is 24.2 Å². The van der Waals surface area contributed by atoms with E-state index in [2.05, 4.69) is 5.32 Å². The van der Waals surface area contributed by atoms with Crippen molar-refractivity contribution in [3.63, 3.8) is 0 Å². The lowest BCUT2D eigenvalue weighted by molar-refractivity contribution is -0.148. The number of methoxy groups -OCH3 is 2. The number of carboxylic acid groups (broad SMARTS) is 1. The summed E-state index contributed by atoms with van der Waals surface area (Å²) in [5, 5.41) is 12.4. The van der Waals surface area contributed by atoms with Gasteiger partial charge >= 0.3 is 5.97 Å². The van der Waals surface area contributed by atoms with E-state index >= 15 is 0 Å². The number of amides is 1. The molecule has 2 rings (SSSR count). The minimum Gasteiger partial charge on any atom is -0.493 e. The van der Waals surface area contributed by atoms with Gasteiger partial charge in [0.2, 0.25) is 5.91 Å². The second-order valence-corrected chi connectivity index (χ2v) is 7.68. The number of rotatable bonds is 7. The van der Waals surface area contributed by atoms with Gasteiger partial charge in [-0.3, -0.25) is 9.59 Å². The van der Waals surface area contributed by atoms with Crippen LogP contribution in [0.5, 0.6) is 11.5 Å². The molecule has 0 aromatic heterocycles. The third-order valence-electron chi connectivity index (χ3n) is 6.17. The fraction of sp³-hybridized carbons (Fsp3) is 0.600. The summed E-state index contributed by atoms with van der Waals surface area (Å²) in [5.41, 5.74) is -0.248. The molecule has 0 unspecified atom stereocenters. The molecule has 1 fully saturated rings. The Labute approximate surface area is 154 Å². The van der Waals surface area contributed by atoms with Crippen LogP contribution < -0.4 is 14.8 Å². The van der Waals surface area contributed by atoms with Crippen LogP contribution in [0.3, 0.4) is 0 Å². The van der Waals surface area contributed by atoms with Crippen LogP contribution in [-0.2, 0) is 16.0 Å². The molecule has 0 heterocycles. The van der Waals surface area contributed by atoms with E-state index in [0.717, 1.165) is 5.56 Å². The Bertz CT molecular complexity index is 685. The SMILES string of the molecule is COc1ccc(CCNC(=O)[C@]2(C)CC[C@@H](C(=O)O)C2(C)C)cc1OC. The molecular formula is C20H29NO5. The molecule has 2 atom stereocenters. The molecule has 0 aliphatic heterocycles. The number of carbonyl (C=O) groups excluding carboxylic acids is 1. The summed E-state index contributed by atoms with van der Waals surface area (Å²) < 4.78 is 10.5. The molecule has 6 nitrogen and oxygen atoms in total. The average molecular weight is 363 g/mol. The molecule has 26 heavy (non-hydrogen) atoms. The largest absolute Gasteiger partial charge is 0.493 e. The van der Waals surface area contributed by atoms with Crippen LogP contribution in [-0.4, -0.2) is 37.7 Å². The van der Waals surface area contributed by atoms with Gasteiger partial charge in [0.15, 0.2) is 11.5 Å². The monoisotopic (exact) mass is 363 g/mol. The molecule has 0 saturated heterocycles.